The highest BCUT2D eigenvalue weighted by Crippen LogP contribution is 2.28. The molecule has 0 aliphatic heterocycles. The maximum atomic E-state index is 5.99. The number of para-hydroxylation sites is 1. The summed E-state index contributed by atoms with van der Waals surface area (Å²) in [6.45, 7) is 6.44. The lowest BCUT2D eigenvalue weighted by molar-refractivity contribution is 0.132. The van der Waals surface area contributed by atoms with Gasteiger partial charge in [-0.15, -0.1) is 0 Å². The monoisotopic (exact) mass is 289 g/mol. The van der Waals surface area contributed by atoms with Crippen LogP contribution in [0.3, 0.4) is 0 Å². The van der Waals surface area contributed by atoms with E-state index in [1.54, 1.807) is 0 Å². The molecule has 2 rings (SSSR count). The maximum absolute atomic E-state index is 5.99. The van der Waals surface area contributed by atoms with Gasteiger partial charge in [-0.25, -0.2) is 0 Å². The van der Waals surface area contributed by atoms with Crippen molar-refractivity contribution in [3.63, 3.8) is 0 Å². The SMILES string of the molecule is CCc1cccc(CC)c1NC(N)=NCCOCC1CC1. The molecular formula is C17H27N3O. The number of nitrogens with zero attached hydrogens (tertiary/aromatic N) is 1. The van der Waals surface area contributed by atoms with Crippen LogP contribution in [0, 0.1) is 5.92 Å². The lowest BCUT2D eigenvalue weighted by Crippen LogP contribution is -2.25. The van der Waals surface area contributed by atoms with E-state index >= 15 is 0 Å². The van der Waals surface area contributed by atoms with Crippen LogP contribution in [-0.2, 0) is 17.6 Å². The van der Waals surface area contributed by atoms with Crippen LogP contribution >= 0.6 is 0 Å². The van der Waals surface area contributed by atoms with Crippen LogP contribution in [0.1, 0.15) is 37.8 Å². The molecule has 0 unspecified atom stereocenters. The smallest absolute Gasteiger partial charge is 0.193 e. The summed E-state index contributed by atoms with van der Waals surface area (Å²) in [6.07, 6.45) is 4.60. The number of nitrogens with one attached hydrogen (secondary N) is 1. The summed E-state index contributed by atoms with van der Waals surface area (Å²) < 4.78 is 5.56. The van der Waals surface area contributed by atoms with Crippen LogP contribution in [-0.4, -0.2) is 25.7 Å². The van der Waals surface area contributed by atoms with Gasteiger partial charge in [0, 0.05) is 12.3 Å². The number of aryl methyl sites for hydroxylation is 2. The molecule has 1 saturated carbocycles. The molecule has 0 amide bonds. The third-order valence-electron chi connectivity index (χ3n) is 3.82. The van der Waals surface area contributed by atoms with Gasteiger partial charge in [0.15, 0.2) is 5.96 Å². The number of anilines is 1. The second kappa shape index (κ2) is 8.03. The van der Waals surface area contributed by atoms with E-state index in [2.05, 4.69) is 42.4 Å². The molecule has 1 aromatic rings. The summed E-state index contributed by atoms with van der Waals surface area (Å²) in [5, 5.41) is 3.27. The van der Waals surface area contributed by atoms with E-state index in [0.29, 0.717) is 19.1 Å². The molecule has 0 bridgehead atoms. The Labute approximate surface area is 127 Å². The van der Waals surface area contributed by atoms with E-state index in [0.717, 1.165) is 31.1 Å². The third kappa shape index (κ3) is 5.05. The average molecular weight is 289 g/mol. The number of hydrogen-bond acceptors (Lipinski definition) is 2. The zero-order valence-electron chi connectivity index (χ0n) is 13.2. The Morgan fingerprint density at radius 2 is 1.95 bits per heavy atom. The fourth-order valence-electron chi connectivity index (χ4n) is 2.34. The number of ether oxygens (including phenoxy) is 1. The first kappa shape index (κ1) is 15.8. The Bertz CT molecular complexity index is 459. The third-order valence-corrected chi connectivity index (χ3v) is 3.82. The minimum absolute atomic E-state index is 0.473. The Kier molecular flexibility index (Phi) is 6.05. The fraction of sp³-hybridized carbons (Fsp3) is 0.588. The Morgan fingerprint density at radius 1 is 1.29 bits per heavy atom. The molecule has 4 nitrogen and oxygen atoms in total. The number of aliphatic imine (C=N–C) groups is 1. The summed E-state index contributed by atoms with van der Waals surface area (Å²) in [5.41, 5.74) is 9.66. The first-order valence-corrected chi connectivity index (χ1v) is 8.00. The van der Waals surface area contributed by atoms with Gasteiger partial charge in [-0.05, 0) is 42.7 Å². The van der Waals surface area contributed by atoms with E-state index in [1.165, 1.54) is 24.0 Å². The van der Waals surface area contributed by atoms with Crippen molar-refractivity contribution in [3.05, 3.63) is 29.3 Å². The predicted octanol–water partition coefficient (Wildman–Crippen LogP) is 2.96. The van der Waals surface area contributed by atoms with Gasteiger partial charge in [-0.2, -0.15) is 0 Å². The molecule has 0 aromatic heterocycles. The number of nitrogens with two attached hydrogens (primary N) is 1. The summed E-state index contributed by atoms with van der Waals surface area (Å²) in [6, 6.07) is 6.36. The highest BCUT2D eigenvalue weighted by Gasteiger charge is 2.20. The zero-order chi connectivity index (χ0) is 15.1. The largest absolute Gasteiger partial charge is 0.379 e. The average Bonchev–Trinajstić information content (AvgIpc) is 3.31. The van der Waals surface area contributed by atoms with Crippen LogP contribution < -0.4 is 11.1 Å². The van der Waals surface area contributed by atoms with Crippen molar-refractivity contribution >= 4 is 11.6 Å². The van der Waals surface area contributed by atoms with Gasteiger partial charge < -0.3 is 15.8 Å². The lowest BCUT2D eigenvalue weighted by Gasteiger charge is -2.14. The minimum atomic E-state index is 0.473. The minimum Gasteiger partial charge on any atom is -0.379 e. The molecule has 4 heteroatoms. The van der Waals surface area contributed by atoms with Crippen molar-refractivity contribution in [3.8, 4) is 0 Å². The molecule has 1 aromatic carbocycles. The number of hydrogen-bond donors (Lipinski definition) is 2. The lowest BCUT2D eigenvalue weighted by atomic mass is 10.0. The molecular weight excluding hydrogens is 262 g/mol. The van der Waals surface area contributed by atoms with Gasteiger partial charge in [-0.3, -0.25) is 4.99 Å². The maximum Gasteiger partial charge on any atom is 0.193 e. The van der Waals surface area contributed by atoms with E-state index in [9.17, 15) is 0 Å². The number of guanidine groups is 1. The van der Waals surface area contributed by atoms with Crippen LogP contribution in [0.2, 0.25) is 0 Å². The number of benzene rings is 1. The molecule has 3 N–H and O–H groups in total. The van der Waals surface area contributed by atoms with E-state index in [4.69, 9.17) is 10.5 Å². The molecule has 0 saturated heterocycles. The first-order valence-electron chi connectivity index (χ1n) is 8.00. The molecule has 0 radical (unpaired) electrons. The molecule has 116 valence electrons. The Balaban J connectivity index is 1.86. The van der Waals surface area contributed by atoms with Crippen LogP contribution in [0.5, 0.6) is 0 Å². The first-order chi connectivity index (χ1) is 10.2. The highest BCUT2D eigenvalue weighted by atomic mass is 16.5. The van der Waals surface area contributed by atoms with Gasteiger partial charge in [0.05, 0.1) is 13.2 Å². The number of rotatable bonds is 8. The molecule has 21 heavy (non-hydrogen) atoms. The molecule has 0 atom stereocenters. The van der Waals surface area contributed by atoms with Crippen LogP contribution in [0.25, 0.3) is 0 Å². The fourth-order valence-corrected chi connectivity index (χ4v) is 2.34. The zero-order valence-corrected chi connectivity index (χ0v) is 13.2. The predicted molar refractivity (Wildman–Crippen MR) is 88.9 cm³/mol. The van der Waals surface area contributed by atoms with Gasteiger partial charge in [0.25, 0.3) is 0 Å². The van der Waals surface area contributed by atoms with E-state index in [1.807, 2.05) is 0 Å². The summed E-state index contributed by atoms with van der Waals surface area (Å²) in [5.74, 6) is 1.27. The normalized spacial score (nSPS) is 15.2. The summed E-state index contributed by atoms with van der Waals surface area (Å²) in [7, 11) is 0. The standard InChI is InChI=1S/C17H27N3O/c1-3-14-6-5-7-15(4-2)16(14)20-17(18)19-10-11-21-12-13-8-9-13/h5-7,13H,3-4,8-12H2,1-2H3,(H3,18,19,20). The summed E-state index contributed by atoms with van der Waals surface area (Å²) >= 11 is 0. The topological polar surface area (TPSA) is 59.6 Å². The van der Waals surface area contributed by atoms with Crippen molar-refractivity contribution in [1.82, 2.24) is 0 Å². The molecule has 0 spiro atoms. The molecule has 1 fully saturated rings. The second-order valence-electron chi connectivity index (χ2n) is 5.57. The van der Waals surface area contributed by atoms with Gasteiger partial charge >= 0.3 is 0 Å². The van der Waals surface area contributed by atoms with Crippen molar-refractivity contribution in [2.24, 2.45) is 16.6 Å². The highest BCUT2D eigenvalue weighted by molar-refractivity contribution is 5.93. The van der Waals surface area contributed by atoms with Gasteiger partial charge in [-0.1, -0.05) is 32.0 Å². The van der Waals surface area contributed by atoms with E-state index < -0.39 is 0 Å². The second-order valence-corrected chi connectivity index (χ2v) is 5.57. The van der Waals surface area contributed by atoms with Crippen molar-refractivity contribution in [2.45, 2.75) is 39.5 Å². The molecule has 1 aliphatic carbocycles. The van der Waals surface area contributed by atoms with Gasteiger partial charge in [0.1, 0.15) is 0 Å². The van der Waals surface area contributed by atoms with E-state index in [-0.39, 0.29) is 0 Å². The van der Waals surface area contributed by atoms with Crippen molar-refractivity contribution in [1.29, 1.82) is 0 Å². The Hall–Kier alpha value is -1.55. The summed E-state index contributed by atoms with van der Waals surface area (Å²) in [4.78, 5) is 4.35. The Morgan fingerprint density at radius 3 is 2.52 bits per heavy atom. The van der Waals surface area contributed by atoms with Crippen molar-refractivity contribution < 1.29 is 4.74 Å². The quantitative estimate of drug-likeness (QED) is 0.439. The molecule has 0 heterocycles. The van der Waals surface area contributed by atoms with Crippen molar-refractivity contribution in [2.75, 3.05) is 25.1 Å². The van der Waals surface area contributed by atoms with Crippen LogP contribution in [0.4, 0.5) is 5.69 Å². The van der Waals surface area contributed by atoms with Gasteiger partial charge in [0.2, 0.25) is 0 Å². The molecule has 1 aliphatic rings. The van der Waals surface area contributed by atoms with Crippen LogP contribution in [0.15, 0.2) is 23.2 Å².